The molecule has 0 radical (unpaired) electrons. The monoisotopic (exact) mass is 488 g/mol. The zero-order chi connectivity index (χ0) is 21.8. The van der Waals surface area contributed by atoms with Gasteiger partial charge in [-0.3, -0.25) is 0 Å². The number of rotatable bonds is 7. The molecule has 0 aliphatic heterocycles. The van der Waals surface area contributed by atoms with Crippen LogP contribution in [0.25, 0.3) is 11.0 Å². The minimum Gasteiger partial charge on any atom is -0.438 e. The summed E-state index contributed by atoms with van der Waals surface area (Å²) in [6, 6.07) is 28.2. The van der Waals surface area contributed by atoms with Gasteiger partial charge in [0.1, 0.15) is 11.3 Å². The molecule has 1 N–H and O–H groups in total. The van der Waals surface area contributed by atoms with E-state index in [1.165, 1.54) is 43.2 Å². The number of furan rings is 1. The van der Waals surface area contributed by atoms with Gasteiger partial charge >= 0.3 is 0 Å². The van der Waals surface area contributed by atoms with Crippen molar-refractivity contribution in [2.75, 3.05) is 10.2 Å². The van der Waals surface area contributed by atoms with E-state index < -0.39 is 0 Å². The lowest BCUT2D eigenvalue weighted by Gasteiger charge is -2.28. The molecule has 1 aliphatic carbocycles. The largest absolute Gasteiger partial charge is 0.438 e. The van der Waals surface area contributed by atoms with Crippen molar-refractivity contribution < 1.29 is 4.42 Å². The highest BCUT2D eigenvalue weighted by atomic mass is 79.9. The summed E-state index contributed by atoms with van der Waals surface area (Å²) in [6.45, 7) is 1.63. The fourth-order valence-corrected chi connectivity index (χ4v) is 5.08. The van der Waals surface area contributed by atoms with E-state index in [0.717, 1.165) is 40.1 Å². The van der Waals surface area contributed by atoms with Crippen LogP contribution in [-0.2, 0) is 13.1 Å². The van der Waals surface area contributed by atoms with Crippen molar-refractivity contribution in [2.24, 2.45) is 0 Å². The smallest absolute Gasteiger partial charge is 0.218 e. The second kappa shape index (κ2) is 9.83. The lowest BCUT2D eigenvalue weighted by molar-refractivity contribution is 0.453. The van der Waals surface area contributed by atoms with Gasteiger partial charge in [-0.25, -0.2) is 0 Å². The Morgan fingerprint density at radius 2 is 1.44 bits per heavy atom. The Morgan fingerprint density at radius 1 is 0.812 bits per heavy atom. The minimum atomic E-state index is 0.474. The first-order valence-electron chi connectivity index (χ1n) is 11.6. The predicted octanol–water partition coefficient (Wildman–Crippen LogP) is 8.15. The number of hydrogen-bond acceptors (Lipinski definition) is 3. The van der Waals surface area contributed by atoms with Crippen molar-refractivity contribution in [3.8, 4) is 0 Å². The van der Waals surface area contributed by atoms with Crippen LogP contribution in [0, 0.1) is 0 Å². The molecule has 0 amide bonds. The number of nitrogens with zero attached hydrogens (tertiary/aromatic N) is 1. The molecule has 164 valence electrons. The van der Waals surface area contributed by atoms with Gasteiger partial charge in [-0.05, 0) is 42.2 Å². The van der Waals surface area contributed by atoms with Crippen molar-refractivity contribution in [1.29, 1.82) is 0 Å². The molecule has 1 aliphatic rings. The maximum absolute atomic E-state index is 6.44. The van der Waals surface area contributed by atoms with Crippen LogP contribution in [0.15, 0.2) is 87.8 Å². The Kier molecular flexibility index (Phi) is 6.49. The average molecular weight is 489 g/mol. The Balaban J connectivity index is 1.58. The molecule has 0 bridgehead atoms. The summed E-state index contributed by atoms with van der Waals surface area (Å²) in [7, 11) is 0. The number of anilines is 2. The number of benzene rings is 3. The van der Waals surface area contributed by atoms with Gasteiger partial charge in [-0.1, -0.05) is 95.9 Å². The SMILES string of the molecule is Brc1ccc2oc(NC3CCCCC3)c(N(Cc3ccccc3)Cc3ccccc3)c2c1. The van der Waals surface area contributed by atoms with Crippen molar-refractivity contribution in [3.05, 3.63) is 94.5 Å². The minimum absolute atomic E-state index is 0.474. The maximum atomic E-state index is 6.44. The lowest BCUT2D eigenvalue weighted by Crippen LogP contribution is -2.26. The molecule has 1 saturated carbocycles. The molecule has 1 heterocycles. The van der Waals surface area contributed by atoms with Gasteiger partial charge in [0.05, 0.1) is 0 Å². The van der Waals surface area contributed by atoms with Gasteiger partial charge in [0.15, 0.2) is 0 Å². The van der Waals surface area contributed by atoms with E-state index in [0.29, 0.717) is 6.04 Å². The molecule has 0 spiro atoms. The van der Waals surface area contributed by atoms with Gasteiger partial charge in [-0.15, -0.1) is 0 Å². The summed E-state index contributed by atoms with van der Waals surface area (Å²) >= 11 is 3.68. The van der Waals surface area contributed by atoms with Crippen LogP contribution in [0.5, 0.6) is 0 Å². The summed E-state index contributed by atoms with van der Waals surface area (Å²) in [5, 5.41) is 4.93. The lowest BCUT2D eigenvalue weighted by atomic mass is 9.95. The van der Waals surface area contributed by atoms with Crippen LogP contribution in [-0.4, -0.2) is 6.04 Å². The highest BCUT2D eigenvalue weighted by Crippen LogP contribution is 2.41. The first-order chi connectivity index (χ1) is 15.8. The third-order valence-corrected chi connectivity index (χ3v) is 6.81. The number of nitrogens with one attached hydrogen (secondary N) is 1. The summed E-state index contributed by atoms with van der Waals surface area (Å²) in [4.78, 5) is 2.45. The van der Waals surface area contributed by atoms with Crippen LogP contribution in [0.2, 0.25) is 0 Å². The first kappa shape index (κ1) is 21.1. The fraction of sp³-hybridized carbons (Fsp3) is 0.286. The zero-order valence-corrected chi connectivity index (χ0v) is 19.9. The Morgan fingerprint density at radius 3 is 2.06 bits per heavy atom. The maximum Gasteiger partial charge on any atom is 0.218 e. The fourth-order valence-electron chi connectivity index (χ4n) is 4.72. The Hall–Kier alpha value is -2.72. The van der Waals surface area contributed by atoms with Crippen LogP contribution < -0.4 is 10.2 Å². The number of hydrogen-bond donors (Lipinski definition) is 1. The molecule has 4 heteroatoms. The van der Waals surface area contributed by atoms with Crippen molar-refractivity contribution in [1.82, 2.24) is 0 Å². The number of halogens is 1. The van der Waals surface area contributed by atoms with Crippen molar-refractivity contribution >= 4 is 38.5 Å². The highest BCUT2D eigenvalue weighted by Gasteiger charge is 2.24. The standard InChI is InChI=1S/C28H29BrN2O/c29-23-16-17-26-25(18-23)27(28(32-26)30-24-14-8-3-9-15-24)31(19-21-10-4-1-5-11-21)20-22-12-6-2-7-13-22/h1-2,4-7,10-13,16-18,24,30H,3,8-9,14-15,19-20H2. The molecule has 0 saturated heterocycles. The van der Waals surface area contributed by atoms with Gasteiger partial charge in [-0.2, -0.15) is 0 Å². The number of fused-ring (bicyclic) bond motifs is 1. The molecule has 1 fully saturated rings. The average Bonchev–Trinajstić information content (AvgIpc) is 3.17. The van der Waals surface area contributed by atoms with Gasteiger partial charge < -0.3 is 14.6 Å². The van der Waals surface area contributed by atoms with Crippen LogP contribution in [0.1, 0.15) is 43.2 Å². The second-order valence-corrected chi connectivity index (χ2v) is 9.64. The van der Waals surface area contributed by atoms with E-state index in [2.05, 4.69) is 105 Å². The van der Waals surface area contributed by atoms with E-state index in [1.807, 2.05) is 0 Å². The molecule has 0 unspecified atom stereocenters. The zero-order valence-electron chi connectivity index (χ0n) is 18.3. The summed E-state index contributed by atoms with van der Waals surface area (Å²) < 4.78 is 7.51. The topological polar surface area (TPSA) is 28.4 Å². The summed E-state index contributed by atoms with van der Waals surface area (Å²) in [5.41, 5.74) is 4.65. The van der Waals surface area contributed by atoms with E-state index in [-0.39, 0.29) is 0 Å². The molecule has 3 aromatic carbocycles. The van der Waals surface area contributed by atoms with Crippen LogP contribution in [0.3, 0.4) is 0 Å². The molecule has 1 aromatic heterocycles. The second-order valence-electron chi connectivity index (χ2n) is 8.73. The van der Waals surface area contributed by atoms with Crippen molar-refractivity contribution in [2.45, 2.75) is 51.2 Å². The van der Waals surface area contributed by atoms with Crippen LogP contribution >= 0.6 is 15.9 Å². The molecular formula is C28H29BrN2O. The van der Waals surface area contributed by atoms with E-state index in [4.69, 9.17) is 4.42 Å². The van der Waals surface area contributed by atoms with Gasteiger partial charge in [0.2, 0.25) is 5.88 Å². The van der Waals surface area contributed by atoms with Crippen LogP contribution in [0.4, 0.5) is 11.6 Å². The normalized spacial score (nSPS) is 14.5. The molecular weight excluding hydrogens is 460 g/mol. The third-order valence-electron chi connectivity index (χ3n) is 6.31. The molecule has 0 atom stereocenters. The third kappa shape index (κ3) is 4.86. The van der Waals surface area contributed by atoms with E-state index >= 15 is 0 Å². The molecule has 5 rings (SSSR count). The van der Waals surface area contributed by atoms with Gasteiger partial charge in [0, 0.05) is 29.0 Å². The molecule has 32 heavy (non-hydrogen) atoms. The first-order valence-corrected chi connectivity index (χ1v) is 12.4. The quantitative estimate of drug-likeness (QED) is 0.284. The predicted molar refractivity (Wildman–Crippen MR) is 137 cm³/mol. The summed E-state index contributed by atoms with van der Waals surface area (Å²) in [6.07, 6.45) is 6.33. The van der Waals surface area contributed by atoms with Gasteiger partial charge in [0.25, 0.3) is 0 Å². The Bertz CT molecular complexity index is 1110. The summed E-state index contributed by atoms with van der Waals surface area (Å²) in [5.74, 6) is 0.900. The molecule has 3 nitrogen and oxygen atoms in total. The Labute approximate surface area is 198 Å². The van der Waals surface area contributed by atoms with E-state index in [1.54, 1.807) is 0 Å². The van der Waals surface area contributed by atoms with Crippen molar-refractivity contribution in [3.63, 3.8) is 0 Å². The molecule has 4 aromatic rings. The highest BCUT2D eigenvalue weighted by molar-refractivity contribution is 9.10. The van der Waals surface area contributed by atoms with E-state index in [9.17, 15) is 0 Å².